The Morgan fingerprint density at radius 3 is 2.81 bits per heavy atom. The molecule has 0 aliphatic heterocycles. The topological polar surface area (TPSA) is 12.9 Å². The molecular formula is C15H10N. The molecule has 1 radical (unpaired) electrons. The zero-order valence-corrected chi connectivity index (χ0v) is 8.72. The molecule has 0 atom stereocenters. The summed E-state index contributed by atoms with van der Waals surface area (Å²) < 4.78 is 0. The number of benzene rings is 2. The van der Waals surface area contributed by atoms with Gasteiger partial charge in [0.25, 0.3) is 0 Å². The number of pyridine rings is 1. The number of aromatic nitrogens is 1. The molecule has 3 rings (SSSR count). The first kappa shape index (κ1) is 9.10. The quantitative estimate of drug-likeness (QED) is 0.589. The van der Waals surface area contributed by atoms with Crippen LogP contribution in [0.4, 0.5) is 0 Å². The van der Waals surface area contributed by atoms with Crippen LogP contribution in [-0.2, 0) is 0 Å². The van der Waals surface area contributed by atoms with Crippen molar-refractivity contribution < 1.29 is 0 Å². The molecule has 0 spiro atoms. The molecule has 0 saturated carbocycles. The maximum absolute atomic E-state index is 4.39. The van der Waals surface area contributed by atoms with E-state index < -0.39 is 0 Å². The van der Waals surface area contributed by atoms with Crippen LogP contribution in [0.15, 0.2) is 60.8 Å². The van der Waals surface area contributed by atoms with Gasteiger partial charge in [0.05, 0.1) is 5.69 Å². The van der Waals surface area contributed by atoms with E-state index in [2.05, 4.69) is 35.3 Å². The minimum Gasteiger partial charge on any atom is -0.256 e. The Morgan fingerprint density at radius 1 is 0.938 bits per heavy atom. The minimum atomic E-state index is 1.01. The van der Waals surface area contributed by atoms with Crippen molar-refractivity contribution in [3.63, 3.8) is 0 Å². The van der Waals surface area contributed by atoms with Gasteiger partial charge in [-0.05, 0) is 35.0 Å². The van der Waals surface area contributed by atoms with Crippen molar-refractivity contribution in [1.82, 2.24) is 4.98 Å². The third-order valence-corrected chi connectivity index (χ3v) is 2.67. The molecule has 0 aliphatic carbocycles. The molecule has 1 aromatic heterocycles. The number of hydrogen-bond acceptors (Lipinski definition) is 1. The average Bonchev–Trinajstić information content (AvgIpc) is 2.39. The SMILES string of the molecule is [c]1ccc2cccc(-c3ccccn3)c2c1. The maximum Gasteiger partial charge on any atom is 0.0708 e. The molecule has 0 N–H and O–H groups in total. The normalized spacial score (nSPS) is 10.5. The predicted octanol–water partition coefficient (Wildman–Crippen LogP) is 3.70. The van der Waals surface area contributed by atoms with Gasteiger partial charge in [-0.15, -0.1) is 0 Å². The lowest BCUT2D eigenvalue weighted by Crippen LogP contribution is -1.83. The number of fused-ring (bicyclic) bond motifs is 1. The van der Waals surface area contributed by atoms with Crippen LogP contribution in [-0.4, -0.2) is 4.98 Å². The first-order valence-electron chi connectivity index (χ1n) is 5.25. The van der Waals surface area contributed by atoms with Crippen molar-refractivity contribution in [2.24, 2.45) is 0 Å². The number of nitrogens with zero attached hydrogens (tertiary/aromatic N) is 1. The van der Waals surface area contributed by atoms with Crippen LogP contribution in [0.3, 0.4) is 0 Å². The third-order valence-electron chi connectivity index (χ3n) is 2.67. The Morgan fingerprint density at radius 2 is 1.94 bits per heavy atom. The molecule has 1 nitrogen and oxygen atoms in total. The Kier molecular flexibility index (Phi) is 2.15. The molecule has 75 valence electrons. The van der Waals surface area contributed by atoms with Crippen LogP contribution in [0.25, 0.3) is 22.0 Å². The average molecular weight is 204 g/mol. The lowest BCUT2D eigenvalue weighted by Gasteiger charge is -2.05. The van der Waals surface area contributed by atoms with E-state index in [1.165, 1.54) is 10.8 Å². The summed E-state index contributed by atoms with van der Waals surface area (Å²) in [6.45, 7) is 0. The molecule has 16 heavy (non-hydrogen) atoms. The molecule has 0 amide bonds. The Balaban J connectivity index is 2.32. The lowest BCUT2D eigenvalue weighted by molar-refractivity contribution is 1.33. The summed E-state index contributed by atoms with van der Waals surface area (Å²) in [7, 11) is 0. The zero-order chi connectivity index (χ0) is 10.8. The highest BCUT2D eigenvalue weighted by Gasteiger charge is 2.02. The van der Waals surface area contributed by atoms with Gasteiger partial charge in [0.15, 0.2) is 0 Å². The van der Waals surface area contributed by atoms with E-state index in [9.17, 15) is 0 Å². The molecule has 0 aliphatic rings. The summed E-state index contributed by atoms with van der Waals surface area (Å²) in [5.41, 5.74) is 2.17. The third kappa shape index (κ3) is 1.47. The van der Waals surface area contributed by atoms with Crippen LogP contribution in [0.2, 0.25) is 0 Å². The fourth-order valence-electron chi connectivity index (χ4n) is 1.90. The van der Waals surface area contributed by atoms with Gasteiger partial charge >= 0.3 is 0 Å². The number of rotatable bonds is 1. The maximum atomic E-state index is 4.39. The lowest BCUT2D eigenvalue weighted by atomic mass is 10.0. The summed E-state index contributed by atoms with van der Waals surface area (Å²) in [4.78, 5) is 4.39. The van der Waals surface area contributed by atoms with Crippen LogP contribution in [0, 0.1) is 6.07 Å². The van der Waals surface area contributed by atoms with E-state index in [4.69, 9.17) is 0 Å². The molecule has 1 heterocycles. The zero-order valence-electron chi connectivity index (χ0n) is 8.72. The van der Waals surface area contributed by atoms with Gasteiger partial charge in [-0.25, -0.2) is 0 Å². The first-order valence-corrected chi connectivity index (χ1v) is 5.25. The molecule has 0 fully saturated rings. The van der Waals surface area contributed by atoms with Crippen LogP contribution in [0.5, 0.6) is 0 Å². The van der Waals surface area contributed by atoms with Crippen molar-refractivity contribution in [3.05, 3.63) is 66.9 Å². The van der Waals surface area contributed by atoms with Gasteiger partial charge in [-0.2, -0.15) is 0 Å². The fraction of sp³-hybridized carbons (Fsp3) is 0. The smallest absolute Gasteiger partial charge is 0.0708 e. The van der Waals surface area contributed by atoms with Gasteiger partial charge in [-0.1, -0.05) is 36.4 Å². The van der Waals surface area contributed by atoms with Crippen molar-refractivity contribution in [1.29, 1.82) is 0 Å². The van der Waals surface area contributed by atoms with E-state index in [1.807, 2.05) is 36.5 Å². The second-order valence-electron chi connectivity index (χ2n) is 3.67. The van der Waals surface area contributed by atoms with Crippen molar-refractivity contribution in [2.45, 2.75) is 0 Å². The van der Waals surface area contributed by atoms with Gasteiger partial charge in [0.1, 0.15) is 0 Å². The van der Waals surface area contributed by atoms with Crippen molar-refractivity contribution >= 4 is 10.8 Å². The minimum absolute atomic E-state index is 1.01. The van der Waals surface area contributed by atoms with Crippen molar-refractivity contribution in [3.8, 4) is 11.3 Å². The summed E-state index contributed by atoms with van der Waals surface area (Å²) in [5.74, 6) is 0. The van der Waals surface area contributed by atoms with Crippen LogP contribution in [0.1, 0.15) is 0 Å². The summed E-state index contributed by atoms with van der Waals surface area (Å²) in [6.07, 6.45) is 1.82. The Hall–Kier alpha value is -2.15. The molecule has 0 saturated heterocycles. The second-order valence-corrected chi connectivity index (χ2v) is 3.67. The summed E-state index contributed by atoms with van der Waals surface area (Å²) >= 11 is 0. The monoisotopic (exact) mass is 204 g/mol. The standard InChI is InChI=1S/C15H10N/c1-2-8-13-12(6-1)7-5-9-14(13)15-10-3-4-11-16-15/h1,3-11H. The van der Waals surface area contributed by atoms with E-state index in [0.29, 0.717) is 0 Å². The molecule has 3 aromatic rings. The molecular weight excluding hydrogens is 194 g/mol. The summed E-state index contributed by atoms with van der Waals surface area (Å²) in [6, 6.07) is 21.4. The Bertz CT molecular complexity index is 609. The molecule has 1 heteroatoms. The summed E-state index contributed by atoms with van der Waals surface area (Å²) in [5, 5.41) is 2.42. The highest BCUT2D eigenvalue weighted by molar-refractivity contribution is 5.95. The second kappa shape index (κ2) is 3.78. The van der Waals surface area contributed by atoms with Crippen molar-refractivity contribution in [2.75, 3.05) is 0 Å². The number of hydrogen-bond donors (Lipinski definition) is 0. The van der Waals surface area contributed by atoms with Crippen LogP contribution >= 0.6 is 0 Å². The van der Waals surface area contributed by atoms with E-state index in [0.717, 1.165) is 11.3 Å². The molecule has 2 aromatic carbocycles. The molecule has 0 bridgehead atoms. The highest BCUT2D eigenvalue weighted by Crippen LogP contribution is 2.26. The predicted molar refractivity (Wildman–Crippen MR) is 66.0 cm³/mol. The van der Waals surface area contributed by atoms with E-state index in [1.54, 1.807) is 0 Å². The van der Waals surface area contributed by atoms with Gasteiger partial charge in [0, 0.05) is 11.8 Å². The van der Waals surface area contributed by atoms with E-state index >= 15 is 0 Å². The van der Waals surface area contributed by atoms with Crippen LogP contribution < -0.4 is 0 Å². The highest BCUT2D eigenvalue weighted by atomic mass is 14.7. The Labute approximate surface area is 94.4 Å². The largest absolute Gasteiger partial charge is 0.256 e. The first-order chi connectivity index (χ1) is 7.95. The van der Waals surface area contributed by atoms with Gasteiger partial charge in [0.2, 0.25) is 0 Å². The van der Waals surface area contributed by atoms with Gasteiger partial charge in [-0.3, -0.25) is 4.98 Å². The fourth-order valence-corrected chi connectivity index (χ4v) is 1.90. The molecule has 0 unspecified atom stereocenters. The van der Waals surface area contributed by atoms with E-state index in [-0.39, 0.29) is 0 Å². The van der Waals surface area contributed by atoms with Gasteiger partial charge < -0.3 is 0 Å².